The lowest BCUT2D eigenvalue weighted by molar-refractivity contribution is -0.245. The SMILES string of the molecule is Cn1cnnc1SC[C@H]1C[C@@H](c2ccc(CO)cc2)O[C@@H](c2cccc(NC(=O)c3cnc4ccccc4n3)c2)O1. The van der Waals surface area contributed by atoms with E-state index in [1.54, 1.807) is 18.1 Å². The summed E-state index contributed by atoms with van der Waals surface area (Å²) in [6.07, 6.45) is 2.78. The number of ether oxygens (including phenoxy) is 2. The standard InChI is InChI=1S/C30H28N6O4S/c1-36-18-32-35-30(36)41-17-23-14-27(20-11-9-19(16-37)10-12-20)40-29(39-23)21-5-4-6-22(13-21)33-28(38)26-15-31-24-7-2-3-8-25(24)34-26/h2-13,15,18,23,27,29,37H,14,16-17H2,1H3,(H,33,38)/t23-,27+,29+/m1/s1. The third kappa shape index (κ3) is 6.28. The summed E-state index contributed by atoms with van der Waals surface area (Å²) in [5.41, 5.74) is 4.82. The number of hydrogen-bond acceptors (Lipinski definition) is 9. The van der Waals surface area contributed by atoms with Gasteiger partial charge in [0.1, 0.15) is 12.0 Å². The van der Waals surface area contributed by atoms with E-state index in [-0.39, 0.29) is 30.4 Å². The molecule has 0 radical (unpaired) electrons. The number of amides is 1. The van der Waals surface area contributed by atoms with Crippen LogP contribution in [0.2, 0.25) is 0 Å². The Kier molecular flexibility index (Phi) is 8.01. The van der Waals surface area contributed by atoms with E-state index in [0.29, 0.717) is 23.4 Å². The Hall–Kier alpha value is -4.16. The van der Waals surface area contributed by atoms with Crippen LogP contribution in [0.3, 0.4) is 0 Å². The molecule has 0 aliphatic carbocycles. The lowest BCUT2D eigenvalue weighted by Crippen LogP contribution is -2.31. The van der Waals surface area contributed by atoms with Crippen LogP contribution in [0, 0.1) is 0 Å². The van der Waals surface area contributed by atoms with Crippen molar-refractivity contribution in [3.05, 3.63) is 108 Å². The van der Waals surface area contributed by atoms with Gasteiger partial charge in [-0.1, -0.05) is 60.3 Å². The van der Waals surface area contributed by atoms with Gasteiger partial charge in [0, 0.05) is 30.5 Å². The summed E-state index contributed by atoms with van der Waals surface area (Å²) in [5.74, 6) is 0.306. The normalized spacial score (nSPS) is 18.8. The number of aryl methyl sites for hydroxylation is 1. The molecule has 6 rings (SSSR count). The molecule has 5 aromatic rings. The first-order chi connectivity index (χ1) is 20.1. The Morgan fingerprint density at radius 2 is 1.88 bits per heavy atom. The fraction of sp³-hybridized carbons (Fsp3) is 0.233. The molecule has 0 spiro atoms. The summed E-state index contributed by atoms with van der Waals surface area (Å²) < 4.78 is 14.8. The third-order valence-corrected chi connectivity index (χ3v) is 7.95. The number of anilines is 1. The molecule has 3 atom stereocenters. The highest BCUT2D eigenvalue weighted by Gasteiger charge is 2.32. The number of para-hydroxylation sites is 2. The Bertz CT molecular complexity index is 1660. The molecular weight excluding hydrogens is 540 g/mol. The molecule has 2 N–H and O–H groups in total. The zero-order chi connectivity index (χ0) is 28.2. The van der Waals surface area contributed by atoms with E-state index < -0.39 is 6.29 Å². The highest BCUT2D eigenvalue weighted by Crippen LogP contribution is 2.39. The number of nitrogens with one attached hydrogen (secondary N) is 1. The van der Waals surface area contributed by atoms with E-state index in [1.165, 1.54) is 6.20 Å². The summed E-state index contributed by atoms with van der Waals surface area (Å²) in [7, 11) is 1.91. The zero-order valence-corrected chi connectivity index (χ0v) is 23.1. The maximum absolute atomic E-state index is 13.0. The van der Waals surface area contributed by atoms with Gasteiger partial charge in [-0.2, -0.15) is 0 Å². The van der Waals surface area contributed by atoms with Crippen LogP contribution in [0.15, 0.2) is 90.5 Å². The Morgan fingerprint density at radius 1 is 1.05 bits per heavy atom. The van der Waals surface area contributed by atoms with Crippen molar-refractivity contribution >= 4 is 34.4 Å². The number of aliphatic hydroxyl groups is 1. The average Bonchev–Trinajstić information content (AvgIpc) is 3.44. The summed E-state index contributed by atoms with van der Waals surface area (Å²) in [4.78, 5) is 21.8. The number of fused-ring (bicyclic) bond motifs is 1. The molecule has 1 saturated heterocycles. The van der Waals surface area contributed by atoms with Gasteiger partial charge in [-0.15, -0.1) is 10.2 Å². The van der Waals surface area contributed by atoms with Crippen LogP contribution in [0.4, 0.5) is 5.69 Å². The van der Waals surface area contributed by atoms with Crippen LogP contribution in [0.5, 0.6) is 0 Å². The van der Waals surface area contributed by atoms with E-state index in [9.17, 15) is 9.90 Å². The van der Waals surface area contributed by atoms with Crippen LogP contribution in [-0.2, 0) is 23.1 Å². The van der Waals surface area contributed by atoms with Crippen molar-refractivity contribution in [2.75, 3.05) is 11.1 Å². The van der Waals surface area contributed by atoms with E-state index in [4.69, 9.17) is 9.47 Å². The molecule has 3 aromatic carbocycles. The third-order valence-electron chi connectivity index (χ3n) is 6.78. The van der Waals surface area contributed by atoms with Gasteiger partial charge in [0.15, 0.2) is 11.4 Å². The van der Waals surface area contributed by atoms with Crippen molar-refractivity contribution in [2.45, 2.75) is 36.7 Å². The van der Waals surface area contributed by atoms with Gasteiger partial charge in [-0.25, -0.2) is 4.98 Å². The molecule has 41 heavy (non-hydrogen) atoms. The Balaban J connectivity index is 1.21. The van der Waals surface area contributed by atoms with Crippen molar-refractivity contribution in [3.8, 4) is 0 Å². The number of hydrogen-bond donors (Lipinski definition) is 2. The minimum Gasteiger partial charge on any atom is -0.392 e. The predicted octanol–water partition coefficient (Wildman–Crippen LogP) is 4.84. The first-order valence-electron chi connectivity index (χ1n) is 13.2. The van der Waals surface area contributed by atoms with Gasteiger partial charge >= 0.3 is 0 Å². The van der Waals surface area contributed by atoms with Gasteiger partial charge in [-0.3, -0.25) is 9.78 Å². The number of aliphatic hydroxyl groups excluding tert-OH is 1. The molecule has 1 aliphatic heterocycles. The molecule has 1 aliphatic rings. The van der Waals surface area contributed by atoms with Crippen molar-refractivity contribution in [1.29, 1.82) is 0 Å². The number of thioether (sulfide) groups is 1. The van der Waals surface area contributed by atoms with Crippen LogP contribution in [0.25, 0.3) is 11.0 Å². The van der Waals surface area contributed by atoms with Gasteiger partial charge in [-0.05, 0) is 35.4 Å². The summed E-state index contributed by atoms with van der Waals surface area (Å²) in [6.45, 7) is -0.0161. The van der Waals surface area contributed by atoms with Crippen LogP contribution >= 0.6 is 11.8 Å². The molecule has 208 valence electrons. The number of carbonyl (C=O) groups excluding carboxylic acids is 1. The molecule has 0 unspecified atom stereocenters. The summed E-state index contributed by atoms with van der Waals surface area (Å²) in [5, 5.41) is 21.3. The maximum Gasteiger partial charge on any atom is 0.275 e. The summed E-state index contributed by atoms with van der Waals surface area (Å²) >= 11 is 1.58. The largest absolute Gasteiger partial charge is 0.392 e. The van der Waals surface area contributed by atoms with Crippen LogP contribution in [-0.4, -0.2) is 47.6 Å². The molecule has 0 saturated carbocycles. The van der Waals surface area contributed by atoms with E-state index >= 15 is 0 Å². The molecule has 3 heterocycles. The second-order valence-electron chi connectivity index (χ2n) is 9.71. The van der Waals surface area contributed by atoms with Crippen LogP contribution in [0.1, 0.15) is 46.0 Å². The average molecular weight is 569 g/mol. The van der Waals surface area contributed by atoms with E-state index in [2.05, 4.69) is 25.5 Å². The zero-order valence-electron chi connectivity index (χ0n) is 22.3. The quantitative estimate of drug-likeness (QED) is 0.253. The molecule has 2 aromatic heterocycles. The minimum absolute atomic E-state index is 0.0161. The highest BCUT2D eigenvalue weighted by atomic mass is 32.2. The molecule has 1 fully saturated rings. The van der Waals surface area contributed by atoms with E-state index in [0.717, 1.165) is 27.4 Å². The molecular formula is C30H28N6O4S. The van der Waals surface area contributed by atoms with Gasteiger partial charge in [0.2, 0.25) is 0 Å². The fourth-order valence-corrected chi connectivity index (χ4v) is 5.52. The van der Waals surface area contributed by atoms with Crippen molar-refractivity contribution in [3.63, 3.8) is 0 Å². The number of rotatable bonds is 8. The maximum atomic E-state index is 13.0. The molecule has 11 heteroatoms. The van der Waals surface area contributed by atoms with Gasteiger partial charge in [0.25, 0.3) is 5.91 Å². The molecule has 0 bridgehead atoms. The number of carbonyl (C=O) groups is 1. The van der Waals surface area contributed by atoms with Crippen molar-refractivity contribution in [1.82, 2.24) is 24.7 Å². The monoisotopic (exact) mass is 568 g/mol. The van der Waals surface area contributed by atoms with E-state index in [1.807, 2.05) is 84.4 Å². The van der Waals surface area contributed by atoms with Crippen molar-refractivity contribution < 1.29 is 19.4 Å². The number of benzene rings is 3. The topological polar surface area (TPSA) is 124 Å². The Labute approximate surface area is 240 Å². The lowest BCUT2D eigenvalue weighted by atomic mass is 10.0. The Morgan fingerprint density at radius 3 is 2.66 bits per heavy atom. The minimum atomic E-state index is -0.659. The van der Waals surface area contributed by atoms with Gasteiger partial charge < -0.3 is 24.5 Å². The number of aromatic nitrogens is 5. The second-order valence-corrected chi connectivity index (χ2v) is 10.7. The molecule has 10 nitrogen and oxygen atoms in total. The second kappa shape index (κ2) is 12.1. The smallest absolute Gasteiger partial charge is 0.275 e. The van der Waals surface area contributed by atoms with Gasteiger partial charge in [0.05, 0.1) is 36.0 Å². The lowest BCUT2D eigenvalue weighted by Gasteiger charge is -2.36. The predicted molar refractivity (Wildman–Crippen MR) is 154 cm³/mol. The fourth-order valence-electron chi connectivity index (χ4n) is 4.62. The number of nitrogens with zero attached hydrogens (tertiary/aromatic N) is 5. The first kappa shape index (κ1) is 27.0. The van der Waals surface area contributed by atoms with Crippen molar-refractivity contribution in [2.24, 2.45) is 7.05 Å². The summed E-state index contributed by atoms with van der Waals surface area (Å²) in [6, 6.07) is 22.6. The molecule has 1 amide bonds. The van der Waals surface area contributed by atoms with Crippen LogP contribution < -0.4 is 5.32 Å². The first-order valence-corrected chi connectivity index (χ1v) is 14.1. The highest BCUT2D eigenvalue weighted by molar-refractivity contribution is 7.99.